The van der Waals surface area contributed by atoms with Gasteiger partial charge in [-0.3, -0.25) is 4.79 Å². The van der Waals surface area contributed by atoms with Crippen LogP contribution < -0.4 is 15.4 Å². The molecule has 152 valence electrons. The summed E-state index contributed by atoms with van der Waals surface area (Å²) in [6, 6.07) is 13.9. The molecule has 2 N–H and O–H groups in total. The van der Waals surface area contributed by atoms with Gasteiger partial charge in [-0.15, -0.1) is 0 Å². The van der Waals surface area contributed by atoms with Crippen molar-refractivity contribution in [2.75, 3.05) is 25.6 Å². The van der Waals surface area contributed by atoms with E-state index in [1.165, 1.54) is 6.07 Å². The summed E-state index contributed by atoms with van der Waals surface area (Å²) in [4.78, 5) is 12.2. The third-order valence-electron chi connectivity index (χ3n) is 4.11. The average molecular weight is 392 g/mol. The number of hydrogen-bond acceptors (Lipinski definition) is 4. The van der Waals surface area contributed by atoms with E-state index in [4.69, 9.17) is 4.74 Å². The van der Waals surface area contributed by atoms with E-state index in [0.717, 1.165) is 12.0 Å². The van der Waals surface area contributed by atoms with Crippen molar-refractivity contribution in [1.29, 1.82) is 0 Å². The van der Waals surface area contributed by atoms with Gasteiger partial charge in [0.2, 0.25) is 5.91 Å². The zero-order chi connectivity index (χ0) is 20.4. The van der Waals surface area contributed by atoms with Crippen LogP contribution in [0.1, 0.15) is 24.5 Å². The predicted octanol–water partition coefficient (Wildman–Crippen LogP) is 3.83. The Hall–Kier alpha value is -2.67. The quantitative estimate of drug-likeness (QED) is 0.571. The third kappa shape index (κ3) is 7.15. The lowest BCUT2D eigenvalue weighted by Crippen LogP contribution is -2.38. The summed E-state index contributed by atoms with van der Waals surface area (Å²) in [5.41, 5.74) is 2.25. The highest BCUT2D eigenvalue weighted by molar-refractivity contribution is 5.84. The monoisotopic (exact) mass is 392 g/mol. The molecule has 0 radical (unpaired) electrons. The molecule has 0 saturated heterocycles. The normalized spacial score (nSPS) is 11.9. The van der Waals surface area contributed by atoms with Gasteiger partial charge in [0, 0.05) is 37.9 Å². The summed E-state index contributed by atoms with van der Waals surface area (Å²) in [5, 5.41) is 5.93. The van der Waals surface area contributed by atoms with Crippen LogP contribution >= 0.6 is 0 Å². The molecule has 0 bridgehead atoms. The number of carbonyl (C=O) groups excluding carboxylic acids is 1. The number of rotatable bonds is 11. The minimum atomic E-state index is -2.90. The number of ether oxygens (including phenoxy) is 2. The fourth-order valence-corrected chi connectivity index (χ4v) is 2.73. The van der Waals surface area contributed by atoms with Gasteiger partial charge < -0.3 is 20.1 Å². The number of carbonyl (C=O) groups is 1. The number of benzene rings is 2. The smallest absolute Gasteiger partial charge is 0.387 e. The molecule has 5 nitrogen and oxygen atoms in total. The van der Waals surface area contributed by atoms with Crippen LogP contribution in [0.3, 0.4) is 0 Å². The zero-order valence-corrected chi connectivity index (χ0v) is 16.1. The Kier molecular flexibility index (Phi) is 8.68. The molecule has 0 aliphatic carbocycles. The van der Waals surface area contributed by atoms with Crippen LogP contribution in [-0.4, -0.2) is 38.8 Å². The second-order valence-corrected chi connectivity index (χ2v) is 6.37. The predicted molar refractivity (Wildman–Crippen MR) is 105 cm³/mol. The number of anilines is 1. The average Bonchev–Trinajstić information content (AvgIpc) is 2.67. The second kappa shape index (κ2) is 11.2. The number of amides is 1. The number of nitrogens with one attached hydrogen (secondary N) is 2. The summed E-state index contributed by atoms with van der Waals surface area (Å²) in [6.07, 6.45) is 1.17. The van der Waals surface area contributed by atoms with Gasteiger partial charge in [-0.1, -0.05) is 30.3 Å². The summed E-state index contributed by atoms with van der Waals surface area (Å²) < 4.78 is 35.1. The molecule has 1 amide bonds. The van der Waals surface area contributed by atoms with Crippen LogP contribution in [0.4, 0.5) is 14.5 Å². The van der Waals surface area contributed by atoms with Gasteiger partial charge >= 0.3 is 6.61 Å². The molecule has 1 unspecified atom stereocenters. The van der Waals surface area contributed by atoms with Crippen LogP contribution in [-0.2, 0) is 16.0 Å². The first-order valence-corrected chi connectivity index (χ1v) is 9.14. The van der Waals surface area contributed by atoms with Crippen molar-refractivity contribution in [2.45, 2.75) is 32.4 Å². The Morgan fingerprint density at radius 1 is 1.14 bits per heavy atom. The SMILES string of the molecule is COCCCNC(=O)C(C)Nc1ccc(OC(F)F)c(Cc2ccccc2)c1. The van der Waals surface area contributed by atoms with E-state index in [-0.39, 0.29) is 11.7 Å². The van der Waals surface area contributed by atoms with Gasteiger partial charge in [0.25, 0.3) is 0 Å². The highest BCUT2D eigenvalue weighted by Gasteiger charge is 2.15. The van der Waals surface area contributed by atoms with Gasteiger partial charge in [-0.05, 0) is 37.1 Å². The second-order valence-electron chi connectivity index (χ2n) is 6.37. The fraction of sp³-hybridized carbons (Fsp3) is 0.381. The van der Waals surface area contributed by atoms with Crippen LogP contribution in [0.5, 0.6) is 5.75 Å². The molecular weight excluding hydrogens is 366 g/mol. The Bertz CT molecular complexity index is 742. The molecule has 0 aliphatic rings. The minimum Gasteiger partial charge on any atom is -0.435 e. The summed E-state index contributed by atoms with van der Waals surface area (Å²) in [7, 11) is 1.61. The number of methoxy groups -OCH3 is 1. The van der Waals surface area contributed by atoms with Gasteiger partial charge in [-0.2, -0.15) is 8.78 Å². The Labute approximate surface area is 164 Å². The number of hydrogen-bond donors (Lipinski definition) is 2. The van der Waals surface area contributed by atoms with Gasteiger partial charge in [-0.25, -0.2) is 0 Å². The lowest BCUT2D eigenvalue weighted by molar-refractivity contribution is -0.121. The van der Waals surface area contributed by atoms with Crippen LogP contribution in [0, 0.1) is 0 Å². The van der Waals surface area contributed by atoms with Crippen LogP contribution in [0.2, 0.25) is 0 Å². The molecule has 0 spiro atoms. The van der Waals surface area contributed by atoms with Gasteiger partial charge in [0.05, 0.1) is 0 Å². The standard InChI is InChI=1S/C21H26F2N2O3/c1-15(20(26)24-11-6-12-27-2)25-18-9-10-19(28-21(22)23)17(14-18)13-16-7-4-3-5-8-16/h3-5,7-10,14-15,21,25H,6,11-13H2,1-2H3,(H,24,26). The first-order valence-electron chi connectivity index (χ1n) is 9.14. The Balaban J connectivity index is 2.07. The van der Waals surface area contributed by atoms with Crippen molar-refractivity contribution >= 4 is 11.6 Å². The molecular formula is C21H26F2N2O3. The molecule has 2 rings (SSSR count). The molecule has 1 atom stereocenters. The molecule has 0 aliphatic heterocycles. The molecule has 0 fully saturated rings. The largest absolute Gasteiger partial charge is 0.435 e. The van der Waals surface area contributed by atoms with E-state index in [2.05, 4.69) is 15.4 Å². The maximum atomic E-state index is 12.7. The molecule has 2 aromatic carbocycles. The summed E-state index contributed by atoms with van der Waals surface area (Å²) in [5.74, 6) is -0.0188. The van der Waals surface area contributed by atoms with Crippen molar-refractivity contribution in [3.8, 4) is 5.75 Å². The highest BCUT2D eigenvalue weighted by Crippen LogP contribution is 2.27. The van der Waals surface area contributed by atoms with Crippen molar-refractivity contribution < 1.29 is 23.0 Å². The Morgan fingerprint density at radius 3 is 2.57 bits per heavy atom. The number of alkyl halides is 2. The van der Waals surface area contributed by atoms with Crippen LogP contribution in [0.25, 0.3) is 0 Å². The lowest BCUT2D eigenvalue weighted by Gasteiger charge is -2.18. The molecule has 0 heterocycles. The van der Waals surface area contributed by atoms with E-state index in [9.17, 15) is 13.6 Å². The van der Waals surface area contributed by atoms with Crippen molar-refractivity contribution in [1.82, 2.24) is 5.32 Å². The first kappa shape index (κ1) is 21.6. The lowest BCUT2D eigenvalue weighted by atomic mass is 10.0. The van der Waals surface area contributed by atoms with Crippen molar-refractivity contribution in [3.05, 3.63) is 59.7 Å². The summed E-state index contributed by atoms with van der Waals surface area (Å²) >= 11 is 0. The third-order valence-corrected chi connectivity index (χ3v) is 4.11. The molecule has 28 heavy (non-hydrogen) atoms. The summed E-state index contributed by atoms with van der Waals surface area (Å²) in [6.45, 7) is -0.0491. The topological polar surface area (TPSA) is 59.6 Å². The number of halogens is 2. The fourth-order valence-electron chi connectivity index (χ4n) is 2.73. The van der Waals surface area contributed by atoms with Gasteiger partial charge in [0.15, 0.2) is 0 Å². The van der Waals surface area contributed by atoms with Crippen LogP contribution in [0.15, 0.2) is 48.5 Å². The van der Waals surface area contributed by atoms with Crippen molar-refractivity contribution in [3.63, 3.8) is 0 Å². The van der Waals surface area contributed by atoms with E-state index in [1.807, 2.05) is 30.3 Å². The van der Waals surface area contributed by atoms with E-state index in [1.54, 1.807) is 26.2 Å². The minimum absolute atomic E-state index is 0.126. The maximum absolute atomic E-state index is 12.7. The van der Waals surface area contributed by atoms with E-state index >= 15 is 0 Å². The Morgan fingerprint density at radius 2 is 1.89 bits per heavy atom. The molecule has 0 saturated carbocycles. The molecule has 0 aromatic heterocycles. The van der Waals surface area contributed by atoms with Gasteiger partial charge in [0.1, 0.15) is 11.8 Å². The first-order chi connectivity index (χ1) is 13.5. The van der Waals surface area contributed by atoms with E-state index in [0.29, 0.717) is 30.8 Å². The van der Waals surface area contributed by atoms with Crippen molar-refractivity contribution in [2.24, 2.45) is 0 Å². The molecule has 2 aromatic rings. The highest BCUT2D eigenvalue weighted by atomic mass is 19.3. The maximum Gasteiger partial charge on any atom is 0.387 e. The zero-order valence-electron chi connectivity index (χ0n) is 16.1. The van der Waals surface area contributed by atoms with E-state index < -0.39 is 12.7 Å². The molecule has 7 heteroatoms.